The van der Waals surface area contributed by atoms with E-state index in [1.165, 1.54) is 0 Å². The molecule has 0 aliphatic carbocycles. The van der Waals surface area contributed by atoms with Gasteiger partial charge in [-0.3, -0.25) is 0 Å². The molecule has 0 radical (unpaired) electrons. The molecular formula is C13H23N3O. The van der Waals surface area contributed by atoms with Crippen LogP contribution in [-0.2, 0) is 16.9 Å². The molecule has 4 nitrogen and oxygen atoms in total. The fourth-order valence-electron chi connectivity index (χ4n) is 1.91. The second kappa shape index (κ2) is 5.56. The van der Waals surface area contributed by atoms with Gasteiger partial charge in [0.05, 0.1) is 0 Å². The second-order valence-electron chi connectivity index (χ2n) is 4.42. The molecule has 0 bridgehead atoms. The average Bonchev–Trinajstić information content (AvgIpc) is 2.28. The third-order valence-electron chi connectivity index (χ3n) is 3.24. The van der Waals surface area contributed by atoms with Crippen molar-refractivity contribution in [2.45, 2.75) is 53.2 Å². The Kier molecular flexibility index (Phi) is 4.60. The van der Waals surface area contributed by atoms with Crippen molar-refractivity contribution in [3.63, 3.8) is 0 Å². The number of nitrogens with zero attached hydrogens (tertiary/aromatic N) is 2. The van der Waals surface area contributed by atoms with Crippen molar-refractivity contribution < 1.29 is 4.74 Å². The Morgan fingerprint density at radius 2 is 1.71 bits per heavy atom. The molecule has 0 saturated heterocycles. The Labute approximate surface area is 104 Å². The van der Waals surface area contributed by atoms with Crippen molar-refractivity contribution in [2.75, 3.05) is 6.61 Å². The first kappa shape index (κ1) is 14.1. The summed E-state index contributed by atoms with van der Waals surface area (Å²) in [5.74, 6) is 0.758. The second-order valence-corrected chi connectivity index (χ2v) is 4.42. The summed E-state index contributed by atoms with van der Waals surface area (Å²) in [6, 6.07) is 0. The highest BCUT2D eigenvalue weighted by Gasteiger charge is 2.29. The van der Waals surface area contributed by atoms with Gasteiger partial charge in [0.2, 0.25) is 0 Å². The molecule has 0 amide bonds. The lowest BCUT2D eigenvalue weighted by Gasteiger charge is -2.27. The Morgan fingerprint density at radius 3 is 2.06 bits per heavy atom. The lowest BCUT2D eigenvalue weighted by Crippen LogP contribution is -2.29. The summed E-state index contributed by atoms with van der Waals surface area (Å²) in [4.78, 5) is 9.10. The Morgan fingerprint density at radius 1 is 1.18 bits per heavy atom. The van der Waals surface area contributed by atoms with Crippen molar-refractivity contribution in [2.24, 2.45) is 5.73 Å². The predicted octanol–water partition coefficient (Wildman–Crippen LogP) is 2.21. The molecule has 1 atom stereocenters. The molecular weight excluding hydrogens is 214 g/mol. The molecule has 1 aromatic heterocycles. The van der Waals surface area contributed by atoms with E-state index in [0.29, 0.717) is 13.2 Å². The first-order valence-electron chi connectivity index (χ1n) is 6.17. The van der Waals surface area contributed by atoms with E-state index in [1.54, 1.807) is 0 Å². The summed E-state index contributed by atoms with van der Waals surface area (Å²) in [5.41, 5.74) is 8.22. The third kappa shape index (κ3) is 2.82. The molecule has 0 aliphatic heterocycles. The number of nitrogens with two attached hydrogens (primary N) is 1. The Bertz CT molecular complexity index is 369. The zero-order chi connectivity index (χ0) is 13.1. The van der Waals surface area contributed by atoms with Crippen LogP contribution < -0.4 is 5.73 Å². The first-order chi connectivity index (χ1) is 7.98. The van der Waals surface area contributed by atoms with Crippen LogP contribution in [0.25, 0.3) is 0 Å². The minimum atomic E-state index is -0.405. The molecule has 1 heterocycles. The van der Waals surface area contributed by atoms with Crippen LogP contribution in [0.2, 0.25) is 0 Å². The predicted molar refractivity (Wildman–Crippen MR) is 68.7 cm³/mol. The zero-order valence-electron chi connectivity index (χ0n) is 11.5. The van der Waals surface area contributed by atoms with Crippen molar-refractivity contribution in [3.05, 3.63) is 22.8 Å². The van der Waals surface area contributed by atoms with Crippen LogP contribution in [0.1, 0.15) is 50.0 Å². The highest BCUT2D eigenvalue weighted by Crippen LogP contribution is 2.27. The van der Waals surface area contributed by atoms with Gasteiger partial charge in [-0.25, -0.2) is 9.97 Å². The van der Waals surface area contributed by atoms with Crippen LogP contribution in [0, 0.1) is 13.8 Å². The topological polar surface area (TPSA) is 61.0 Å². The standard InChI is InChI=1S/C13H23N3O/c1-6-13(5,17-7-2)12-15-9(3)11(8-14)10(4)16-12/h6-8,14H2,1-5H3. The van der Waals surface area contributed by atoms with Crippen molar-refractivity contribution in [3.8, 4) is 0 Å². The van der Waals surface area contributed by atoms with Crippen molar-refractivity contribution in [1.82, 2.24) is 9.97 Å². The normalized spacial score (nSPS) is 14.7. The molecule has 0 spiro atoms. The van der Waals surface area contributed by atoms with Crippen LogP contribution in [-0.4, -0.2) is 16.6 Å². The number of hydrogen-bond acceptors (Lipinski definition) is 4. The lowest BCUT2D eigenvalue weighted by molar-refractivity contribution is -0.0393. The van der Waals surface area contributed by atoms with E-state index in [0.717, 1.165) is 29.2 Å². The Hall–Kier alpha value is -1.00. The maximum absolute atomic E-state index is 5.79. The smallest absolute Gasteiger partial charge is 0.160 e. The van der Waals surface area contributed by atoms with E-state index >= 15 is 0 Å². The third-order valence-corrected chi connectivity index (χ3v) is 3.24. The van der Waals surface area contributed by atoms with Gasteiger partial charge in [0.1, 0.15) is 5.60 Å². The van der Waals surface area contributed by atoms with E-state index in [9.17, 15) is 0 Å². The van der Waals surface area contributed by atoms with Crippen molar-refractivity contribution >= 4 is 0 Å². The van der Waals surface area contributed by atoms with E-state index in [1.807, 2.05) is 27.7 Å². The van der Waals surface area contributed by atoms with Gasteiger partial charge in [-0.15, -0.1) is 0 Å². The van der Waals surface area contributed by atoms with E-state index < -0.39 is 5.60 Å². The molecule has 2 N–H and O–H groups in total. The van der Waals surface area contributed by atoms with Gasteiger partial charge >= 0.3 is 0 Å². The molecule has 1 aromatic rings. The van der Waals surface area contributed by atoms with E-state index in [2.05, 4.69) is 16.9 Å². The molecule has 1 rings (SSSR count). The minimum Gasteiger partial charge on any atom is -0.368 e. The summed E-state index contributed by atoms with van der Waals surface area (Å²) in [6.07, 6.45) is 0.849. The number of aromatic nitrogens is 2. The molecule has 4 heteroatoms. The number of aryl methyl sites for hydroxylation is 2. The molecule has 1 unspecified atom stereocenters. The zero-order valence-corrected chi connectivity index (χ0v) is 11.5. The number of ether oxygens (including phenoxy) is 1. The summed E-state index contributed by atoms with van der Waals surface area (Å²) in [5, 5.41) is 0. The molecule has 0 aromatic carbocycles. The summed E-state index contributed by atoms with van der Waals surface area (Å²) >= 11 is 0. The lowest BCUT2D eigenvalue weighted by atomic mass is 10.0. The molecule has 96 valence electrons. The van der Waals surface area contributed by atoms with Gasteiger partial charge in [-0.1, -0.05) is 6.92 Å². The van der Waals surface area contributed by atoms with Gasteiger partial charge < -0.3 is 10.5 Å². The molecule has 17 heavy (non-hydrogen) atoms. The highest BCUT2D eigenvalue weighted by atomic mass is 16.5. The summed E-state index contributed by atoms with van der Waals surface area (Å²) in [7, 11) is 0. The van der Waals surface area contributed by atoms with Crippen molar-refractivity contribution in [1.29, 1.82) is 0 Å². The highest BCUT2D eigenvalue weighted by molar-refractivity contribution is 5.25. The quantitative estimate of drug-likeness (QED) is 0.853. The Balaban J connectivity index is 3.23. The minimum absolute atomic E-state index is 0.405. The average molecular weight is 237 g/mol. The maximum Gasteiger partial charge on any atom is 0.160 e. The van der Waals surface area contributed by atoms with Gasteiger partial charge in [-0.05, 0) is 34.1 Å². The number of rotatable bonds is 5. The van der Waals surface area contributed by atoms with Crippen LogP contribution >= 0.6 is 0 Å². The SMILES string of the molecule is CCOC(C)(CC)c1nc(C)c(CN)c(C)n1. The summed E-state index contributed by atoms with van der Waals surface area (Å²) < 4.78 is 5.79. The van der Waals surface area contributed by atoms with E-state index in [-0.39, 0.29) is 0 Å². The monoisotopic (exact) mass is 237 g/mol. The first-order valence-corrected chi connectivity index (χ1v) is 6.17. The van der Waals surface area contributed by atoms with Crippen LogP contribution in [0.15, 0.2) is 0 Å². The maximum atomic E-state index is 5.79. The van der Waals surface area contributed by atoms with Crippen LogP contribution in [0.5, 0.6) is 0 Å². The van der Waals surface area contributed by atoms with Gasteiger partial charge in [0.15, 0.2) is 5.82 Å². The van der Waals surface area contributed by atoms with Gasteiger partial charge in [-0.2, -0.15) is 0 Å². The van der Waals surface area contributed by atoms with Crippen LogP contribution in [0.3, 0.4) is 0 Å². The van der Waals surface area contributed by atoms with E-state index in [4.69, 9.17) is 10.5 Å². The van der Waals surface area contributed by atoms with Gasteiger partial charge in [0, 0.05) is 30.1 Å². The largest absolute Gasteiger partial charge is 0.368 e. The molecule has 0 saturated carbocycles. The summed E-state index contributed by atoms with van der Waals surface area (Å²) in [6.45, 7) is 11.2. The molecule has 0 aliphatic rings. The van der Waals surface area contributed by atoms with Gasteiger partial charge in [0.25, 0.3) is 0 Å². The fraction of sp³-hybridized carbons (Fsp3) is 0.692. The molecule has 0 fully saturated rings. The number of hydrogen-bond donors (Lipinski definition) is 1. The van der Waals surface area contributed by atoms with Crippen LogP contribution in [0.4, 0.5) is 0 Å². The fourth-order valence-corrected chi connectivity index (χ4v) is 1.91.